The predicted octanol–water partition coefficient (Wildman–Crippen LogP) is 21.9. The molecule has 0 saturated carbocycles. The van der Waals surface area contributed by atoms with E-state index in [2.05, 4.69) is 114 Å². The molecule has 20 nitrogen and oxygen atoms in total. The minimum absolute atomic E-state index is 0.0686. The van der Waals surface area contributed by atoms with Crippen LogP contribution in [0.25, 0.3) is 22.6 Å². The second-order valence-electron chi connectivity index (χ2n) is 32.4. The van der Waals surface area contributed by atoms with E-state index < -0.39 is 46.7 Å². The van der Waals surface area contributed by atoms with E-state index in [1.807, 2.05) is 145 Å². The number of fused-ring (bicyclic) bond motifs is 4. The van der Waals surface area contributed by atoms with Gasteiger partial charge < -0.3 is 21.5 Å². The molecule has 10 aromatic heterocycles. The molecule has 0 aliphatic rings. The maximum atomic E-state index is 13.2. The first-order valence-electron chi connectivity index (χ1n) is 43.7. The molecule has 16 rings (SSSR count). The van der Waals surface area contributed by atoms with Crippen LogP contribution in [0, 0.1) is 106 Å². The van der Waals surface area contributed by atoms with Crippen LogP contribution in [-0.4, -0.2) is 83.3 Å². The number of anilines is 1. The van der Waals surface area contributed by atoms with Gasteiger partial charge in [0.15, 0.2) is 29.0 Å². The van der Waals surface area contributed by atoms with Crippen molar-refractivity contribution in [1.29, 1.82) is 5.26 Å². The van der Waals surface area contributed by atoms with Crippen molar-refractivity contribution in [1.82, 2.24) is 47.5 Å². The average Bonchev–Trinajstić information content (AvgIpc) is 1.59. The number of halogens is 9. The van der Waals surface area contributed by atoms with Gasteiger partial charge in [0.1, 0.15) is 57.0 Å². The highest BCUT2D eigenvalue weighted by Crippen LogP contribution is 2.35. The molecule has 0 radical (unpaired) electrons. The Morgan fingerprint density at radius 1 is 0.435 bits per heavy atom. The molecule has 16 aromatic rings. The van der Waals surface area contributed by atoms with Crippen LogP contribution in [0.2, 0.25) is 0 Å². The van der Waals surface area contributed by atoms with Crippen molar-refractivity contribution in [2.45, 2.75) is 125 Å². The number of carbonyl (C=O) groups is 4. The Bertz CT molecular complexity index is 7650. The third kappa shape index (κ3) is 25.5. The van der Waals surface area contributed by atoms with Gasteiger partial charge in [-0.15, -0.1) is 0 Å². The number of pyridine rings is 6. The first kappa shape index (κ1) is 98.5. The highest BCUT2D eigenvalue weighted by atomic mass is 19.4. The maximum Gasteiger partial charge on any atom is 0.417 e. The highest BCUT2D eigenvalue weighted by molar-refractivity contribution is 6.04. The zero-order valence-corrected chi connectivity index (χ0v) is 76.2. The van der Waals surface area contributed by atoms with Crippen molar-refractivity contribution in [2.75, 3.05) is 11.9 Å². The molecule has 1 amide bonds. The Morgan fingerprint density at radius 2 is 0.899 bits per heavy atom. The van der Waals surface area contributed by atoms with Gasteiger partial charge >= 0.3 is 18.5 Å². The van der Waals surface area contributed by atoms with Crippen molar-refractivity contribution in [2.24, 2.45) is 22.4 Å². The van der Waals surface area contributed by atoms with Gasteiger partial charge in [0, 0.05) is 100 Å². The quantitative estimate of drug-likeness (QED) is 0.0160. The number of imidazole rings is 4. The molecule has 10 heterocycles. The Kier molecular flexibility index (Phi) is 31.6. The number of ether oxygens (including phenoxy) is 1. The van der Waals surface area contributed by atoms with Gasteiger partial charge in [0.25, 0.3) is 5.91 Å². The van der Waals surface area contributed by atoms with Crippen molar-refractivity contribution in [3.05, 3.63) is 396 Å². The summed E-state index contributed by atoms with van der Waals surface area (Å²) >= 11 is 0. The summed E-state index contributed by atoms with van der Waals surface area (Å²) in [5.74, 6) is 25.0. The number of ketones is 3. The van der Waals surface area contributed by atoms with Crippen LogP contribution < -0.4 is 21.5 Å². The van der Waals surface area contributed by atoms with Crippen LogP contribution in [0.15, 0.2) is 261 Å². The number of hydrogen-bond acceptors (Lipinski definition) is 13. The molecule has 0 aliphatic carbocycles. The van der Waals surface area contributed by atoms with Crippen molar-refractivity contribution >= 4 is 63.3 Å². The van der Waals surface area contributed by atoms with E-state index in [4.69, 9.17) is 21.5 Å². The molecule has 138 heavy (non-hydrogen) atoms. The molecule has 1 atom stereocenters. The number of nitrogens with one attached hydrogen (secondary N) is 1. The largest absolute Gasteiger partial charge is 0.493 e. The summed E-state index contributed by atoms with van der Waals surface area (Å²) < 4.78 is 131. The number of aliphatic imine (C=N–C) groups is 1. The number of rotatable bonds is 20. The standard InChI is InChI=1S/C34H38N2O2.C26H16F3N3O.C25H18F3N3O.C24H18F3N7O/c1-5-10-27(6-2)11-9-20-38-33-18-14-28(21-26(33)4)22-32(37)30-15-13-25(3)29(23-30)16-17-31-24-35-34-12-7-8-19-36(31)34;1-17-5-7-20(14-19(17)9-10-22-16-31-25-4-2-3-11-32(22)25)24(33)13-18-6-8-21(15-30)23(12-18)26(27,28)29;1-16-5-6-19(23(32)14-21-13-20(9-10-29-21)25(26,27)28)12-18(16)7-8-22-15-30-24-17(2)4-3-11-31(22)24;1-14-4-5-16(22(35)33-20-12-17(8-9-30-20)24(25,26)27)11-15(14)6-7-18-13-31-21-19(32-23(28)29)3-2-10-34(18)21/h7-8,12-15,18-19,21,23-24,27H,5-6,9-11,20,22H2,1-4H3;2-8,11-12,14,16H,13H2,1H3;3-6,9-13,15H,14H2,1-2H3;2-5,8-13H,1H3,(H4,28,29,32)(H,30,33,35). The number of amides is 1. The van der Waals surface area contributed by atoms with Crippen LogP contribution in [-0.2, 0) is 37.8 Å². The number of nitriles is 1. The van der Waals surface area contributed by atoms with Crippen molar-refractivity contribution in [3.63, 3.8) is 0 Å². The van der Waals surface area contributed by atoms with Crippen molar-refractivity contribution < 1.29 is 63.4 Å². The number of aromatic nitrogens is 10. The molecule has 29 heteroatoms. The number of alkyl halides is 9. The van der Waals surface area contributed by atoms with Gasteiger partial charge in [-0.05, 0) is 244 Å². The SMILES string of the molecule is CCCC(CC)CCCOc1ccc(CC(=O)c2ccc(C)c(C#Cc3cnc4ccccn34)c2)cc1C.Cc1ccc(C(=O)Cc2cc(C(F)(F)F)ccn2)cc1C#Cc1cnc2c(C)cccn12.Cc1ccc(C(=O)Cc2ccc(C#N)c(C(F)(F)F)c2)cc1C#Cc1cnc2ccccn12.Cc1ccc(C(=O)Nc2cc(C(F)(F)F)ccn2)cc1C#Cc1cnc2c(N=C(N)N)cccn12. The molecule has 1 unspecified atom stereocenters. The normalized spacial score (nSPS) is 11.2. The monoisotopic (exact) mass is 1860 g/mol. The predicted molar refractivity (Wildman–Crippen MR) is 511 cm³/mol. The lowest BCUT2D eigenvalue weighted by Gasteiger charge is -2.15. The molecule has 0 aliphatic heterocycles. The van der Waals surface area contributed by atoms with Crippen LogP contribution >= 0.6 is 0 Å². The summed E-state index contributed by atoms with van der Waals surface area (Å²) in [6.45, 7) is 16.9. The van der Waals surface area contributed by atoms with Crippen LogP contribution in [0.4, 0.5) is 51.0 Å². The van der Waals surface area contributed by atoms with Crippen LogP contribution in [0.5, 0.6) is 5.75 Å². The number of hydrogen-bond donors (Lipinski definition) is 3. The maximum absolute atomic E-state index is 13.2. The smallest absolute Gasteiger partial charge is 0.417 e. The highest BCUT2D eigenvalue weighted by Gasteiger charge is 2.35. The van der Waals surface area contributed by atoms with E-state index in [0.717, 1.165) is 141 Å². The lowest BCUT2D eigenvalue weighted by atomic mass is 9.96. The van der Waals surface area contributed by atoms with E-state index in [9.17, 15) is 58.7 Å². The van der Waals surface area contributed by atoms with E-state index in [-0.39, 0.29) is 58.8 Å². The minimum Gasteiger partial charge on any atom is -0.493 e. The number of aryl methyl sites for hydroxylation is 6. The number of carbonyl (C=O) groups excluding carboxylic acids is 4. The molecular formula is C109H90F9N15O5. The van der Waals surface area contributed by atoms with Crippen LogP contribution in [0.1, 0.15) is 205 Å². The Hall–Kier alpha value is -17.0. The number of nitrogens with zero attached hydrogens (tertiary/aromatic N) is 12. The summed E-state index contributed by atoms with van der Waals surface area (Å²) in [6.07, 6.45) is 8.48. The fourth-order valence-electron chi connectivity index (χ4n) is 14.8. The van der Waals surface area contributed by atoms with Crippen molar-refractivity contribution in [3.8, 4) is 59.2 Å². The number of Topliss-reactive ketones (excluding diaryl/α,β-unsaturated/α-hetero) is 3. The first-order chi connectivity index (χ1) is 66.1. The molecule has 0 bridgehead atoms. The van der Waals surface area contributed by atoms with Gasteiger partial charge in [-0.25, -0.2) is 29.9 Å². The molecular weight excluding hydrogens is 1770 g/mol. The van der Waals surface area contributed by atoms with Gasteiger partial charge in [-0.1, -0.05) is 136 Å². The number of benzene rings is 6. The van der Waals surface area contributed by atoms with E-state index >= 15 is 0 Å². The minimum atomic E-state index is -4.67. The van der Waals surface area contributed by atoms with Gasteiger partial charge in [0.05, 0.1) is 66.1 Å². The van der Waals surface area contributed by atoms with Gasteiger partial charge in [-0.3, -0.25) is 41.8 Å². The summed E-state index contributed by atoms with van der Waals surface area (Å²) in [4.78, 5) is 80.4. The summed E-state index contributed by atoms with van der Waals surface area (Å²) in [5.41, 5.74) is 25.2. The fourth-order valence-corrected chi connectivity index (χ4v) is 14.8. The third-order valence-corrected chi connectivity index (χ3v) is 22.4. The lowest BCUT2D eigenvalue weighted by molar-refractivity contribution is -0.138. The molecule has 5 N–H and O–H groups in total. The zero-order valence-electron chi connectivity index (χ0n) is 76.2. The van der Waals surface area contributed by atoms with E-state index in [1.54, 1.807) is 102 Å². The van der Waals surface area contributed by atoms with E-state index in [0.29, 0.717) is 68.2 Å². The lowest BCUT2D eigenvalue weighted by Crippen LogP contribution is -2.21. The van der Waals surface area contributed by atoms with Gasteiger partial charge in [-0.2, -0.15) is 44.8 Å². The Morgan fingerprint density at radius 3 is 1.41 bits per heavy atom. The number of nitrogens with two attached hydrogens (primary N) is 2. The summed E-state index contributed by atoms with van der Waals surface area (Å²) in [7, 11) is 0. The molecule has 0 saturated heterocycles. The second kappa shape index (κ2) is 44.3. The fraction of sp³-hybridized carbons (Fsp3) is 0.193. The Balaban J connectivity index is 0.000000156. The molecule has 0 spiro atoms. The second-order valence-corrected chi connectivity index (χ2v) is 32.4. The molecule has 694 valence electrons. The van der Waals surface area contributed by atoms with E-state index in [1.165, 1.54) is 37.8 Å². The average molecular weight is 1860 g/mol. The zero-order chi connectivity index (χ0) is 98.5. The third-order valence-electron chi connectivity index (χ3n) is 22.4. The van der Waals surface area contributed by atoms with Gasteiger partial charge in [0.2, 0.25) is 0 Å². The topological polar surface area (TPSA) is 273 Å². The summed E-state index contributed by atoms with van der Waals surface area (Å²) in [5, 5.41) is 11.3. The molecule has 0 fully saturated rings. The summed E-state index contributed by atoms with van der Waals surface area (Å²) in [6, 6.07) is 53.8. The first-order valence-corrected chi connectivity index (χ1v) is 43.7. The number of guanidine groups is 1. The van der Waals surface area contributed by atoms with Crippen LogP contribution in [0.3, 0.4) is 0 Å². The molecule has 6 aromatic carbocycles. The Labute approximate surface area is 789 Å².